The van der Waals surface area contributed by atoms with Crippen molar-refractivity contribution in [2.24, 2.45) is 5.73 Å². The van der Waals surface area contributed by atoms with Crippen molar-refractivity contribution in [3.63, 3.8) is 0 Å². The maximum atomic E-state index is 12.4. The minimum absolute atomic E-state index is 0.190. The van der Waals surface area contributed by atoms with Crippen LogP contribution in [0.25, 0.3) is 0 Å². The van der Waals surface area contributed by atoms with Gasteiger partial charge in [0.25, 0.3) is 0 Å². The van der Waals surface area contributed by atoms with Gasteiger partial charge in [-0.3, -0.25) is 0 Å². The van der Waals surface area contributed by atoms with Gasteiger partial charge in [0, 0.05) is 6.54 Å². The first kappa shape index (κ1) is 13.6. The molecule has 0 saturated carbocycles. The maximum absolute atomic E-state index is 12.4. The van der Waals surface area contributed by atoms with Crippen LogP contribution in [0, 0.1) is 0 Å². The van der Waals surface area contributed by atoms with E-state index in [1.165, 1.54) is 17.5 Å². The average Bonchev–Trinajstić information content (AvgIpc) is 2.39. The molecular formula is C14H21NO2S. The van der Waals surface area contributed by atoms with Gasteiger partial charge in [-0.15, -0.1) is 0 Å². The Morgan fingerprint density at radius 3 is 2.50 bits per heavy atom. The number of nitrogens with two attached hydrogens (primary N) is 1. The highest BCUT2D eigenvalue weighted by molar-refractivity contribution is 7.92. The normalized spacial score (nSPS) is 17.2. The van der Waals surface area contributed by atoms with Gasteiger partial charge in [-0.1, -0.05) is 13.0 Å². The van der Waals surface area contributed by atoms with E-state index in [0.29, 0.717) is 11.3 Å². The fourth-order valence-electron chi connectivity index (χ4n) is 2.59. The van der Waals surface area contributed by atoms with E-state index in [-0.39, 0.29) is 6.54 Å². The third-order valence-corrected chi connectivity index (χ3v) is 6.12. The summed E-state index contributed by atoms with van der Waals surface area (Å²) in [5.74, 6) is 0. The highest BCUT2D eigenvalue weighted by Gasteiger charge is 2.25. The molecule has 0 fully saturated rings. The van der Waals surface area contributed by atoms with Crippen molar-refractivity contribution in [3.05, 3.63) is 29.3 Å². The fourth-order valence-corrected chi connectivity index (χ4v) is 4.23. The van der Waals surface area contributed by atoms with Gasteiger partial charge in [0.05, 0.1) is 10.1 Å². The Morgan fingerprint density at radius 2 is 1.89 bits per heavy atom. The molecule has 4 heteroatoms. The molecule has 100 valence electrons. The standard InChI is InChI=1S/C14H21NO2S/c1-2-13(10-15)18(16,17)14-8-7-11-5-3-4-6-12(11)9-14/h7-9,13H,2-6,10,15H2,1H3. The number of hydrogen-bond acceptors (Lipinski definition) is 3. The molecule has 0 radical (unpaired) electrons. The molecule has 1 aromatic rings. The molecule has 3 nitrogen and oxygen atoms in total. The van der Waals surface area contributed by atoms with Gasteiger partial charge in [-0.2, -0.15) is 0 Å². The quantitative estimate of drug-likeness (QED) is 0.908. The van der Waals surface area contributed by atoms with Gasteiger partial charge in [0.15, 0.2) is 9.84 Å². The molecule has 0 heterocycles. The van der Waals surface area contributed by atoms with Crippen LogP contribution in [0.15, 0.2) is 23.1 Å². The lowest BCUT2D eigenvalue weighted by Crippen LogP contribution is -2.29. The van der Waals surface area contributed by atoms with E-state index < -0.39 is 15.1 Å². The highest BCUT2D eigenvalue weighted by Crippen LogP contribution is 2.26. The molecule has 1 aromatic carbocycles. The van der Waals surface area contributed by atoms with E-state index in [0.717, 1.165) is 19.3 Å². The monoisotopic (exact) mass is 267 g/mol. The zero-order valence-corrected chi connectivity index (χ0v) is 11.7. The third-order valence-electron chi connectivity index (χ3n) is 3.81. The summed E-state index contributed by atoms with van der Waals surface area (Å²) in [6.07, 6.45) is 5.00. The van der Waals surface area contributed by atoms with Crippen LogP contribution in [0.3, 0.4) is 0 Å². The number of aryl methyl sites for hydroxylation is 2. The average molecular weight is 267 g/mol. The number of sulfone groups is 1. The molecule has 1 atom stereocenters. The minimum atomic E-state index is -3.26. The predicted octanol–water partition coefficient (Wildman–Crippen LogP) is 2.08. The largest absolute Gasteiger partial charge is 0.329 e. The smallest absolute Gasteiger partial charge is 0.182 e. The maximum Gasteiger partial charge on any atom is 0.182 e. The second kappa shape index (κ2) is 5.41. The fraction of sp³-hybridized carbons (Fsp3) is 0.571. The van der Waals surface area contributed by atoms with Gasteiger partial charge >= 0.3 is 0 Å². The molecule has 0 amide bonds. The predicted molar refractivity (Wildman–Crippen MR) is 73.4 cm³/mol. The lowest BCUT2D eigenvalue weighted by molar-refractivity contribution is 0.575. The van der Waals surface area contributed by atoms with Gasteiger partial charge in [-0.25, -0.2) is 8.42 Å². The molecule has 0 aliphatic heterocycles. The van der Waals surface area contributed by atoms with Crippen molar-refractivity contribution >= 4 is 9.84 Å². The van der Waals surface area contributed by atoms with E-state index in [9.17, 15) is 8.42 Å². The SMILES string of the molecule is CCC(CN)S(=O)(=O)c1ccc2c(c1)CCCC2. The summed E-state index contributed by atoms with van der Waals surface area (Å²) < 4.78 is 24.8. The number of rotatable bonds is 4. The molecule has 2 rings (SSSR count). The van der Waals surface area contributed by atoms with E-state index in [2.05, 4.69) is 0 Å². The summed E-state index contributed by atoms with van der Waals surface area (Å²) in [4.78, 5) is 0.445. The second-order valence-corrected chi connectivity index (χ2v) is 7.18. The number of hydrogen-bond donors (Lipinski definition) is 1. The molecule has 0 bridgehead atoms. The first-order valence-electron chi connectivity index (χ1n) is 6.65. The molecule has 1 aliphatic carbocycles. The lowest BCUT2D eigenvalue weighted by Gasteiger charge is -2.19. The van der Waals surface area contributed by atoms with Crippen LogP contribution in [0.2, 0.25) is 0 Å². The summed E-state index contributed by atoms with van der Waals surface area (Å²) >= 11 is 0. The molecule has 18 heavy (non-hydrogen) atoms. The van der Waals surface area contributed by atoms with Crippen LogP contribution in [-0.2, 0) is 22.7 Å². The van der Waals surface area contributed by atoms with Crippen molar-refractivity contribution in [1.82, 2.24) is 0 Å². The highest BCUT2D eigenvalue weighted by atomic mass is 32.2. The Balaban J connectivity index is 2.39. The topological polar surface area (TPSA) is 60.2 Å². The van der Waals surface area contributed by atoms with Crippen LogP contribution in [0.5, 0.6) is 0 Å². The molecule has 0 aromatic heterocycles. The summed E-state index contributed by atoms with van der Waals surface area (Å²) in [6, 6.07) is 5.59. The summed E-state index contributed by atoms with van der Waals surface area (Å²) in [7, 11) is -3.26. The van der Waals surface area contributed by atoms with Crippen molar-refractivity contribution in [3.8, 4) is 0 Å². The van der Waals surface area contributed by atoms with E-state index in [1.807, 2.05) is 19.1 Å². The van der Waals surface area contributed by atoms with Crippen molar-refractivity contribution in [1.29, 1.82) is 0 Å². The van der Waals surface area contributed by atoms with Crippen LogP contribution >= 0.6 is 0 Å². The van der Waals surface area contributed by atoms with Crippen molar-refractivity contribution in [2.45, 2.75) is 49.2 Å². The van der Waals surface area contributed by atoms with Crippen molar-refractivity contribution in [2.75, 3.05) is 6.54 Å². The van der Waals surface area contributed by atoms with E-state index >= 15 is 0 Å². The third kappa shape index (κ3) is 2.45. The summed E-state index contributed by atoms with van der Waals surface area (Å²) in [6.45, 7) is 2.06. The van der Waals surface area contributed by atoms with E-state index in [1.54, 1.807) is 6.07 Å². The van der Waals surface area contributed by atoms with Crippen LogP contribution in [0.4, 0.5) is 0 Å². The number of fused-ring (bicyclic) bond motifs is 1. The molecular weight excluding hydrogens is 246 g/mol. The Morgan fingerprint density at radius 1 is 1.22 bits per heavy atom. The first-order valence-corrected chi connectivity index (χ1v) is 8.20. The molecule has 2 N–H and O–H groups in total. The molecule has 0 spiro atoms. The van der Waals surface area contributed by atoms with Crippen LogP contribution < -0.4 is 5.73 Å². The number of benzene rings is 1. The van der Waals surface area contributed by atoms with Gasteiger partial charge < -0.3 is 5.73 Å². The van der Waals surface area contributed by atoms with E-state index in [4.69, 9.17) is 5.73 Å². The molecule has 0 saturated heterocycles. The Bertz CT molecular complexity index is 519. The van der Waals surface area contributed by atoms with Crippen molar-refractivity contribution < 1.29 is 8.42 Å². The van der Waals surface area contributed by atoms with Gasteiger partial charge in [0.1, 0.15) is 0 Å². The van der Waals surface area contributed by atoms with Gasteiger partial charge in [0.2, 0.25) is 0 Å². The molecule has 1 unspecified atom stereocenters. The lowest BCUT2D eigenvalue weighted by atomic mass is 9.92. The summed E-state index contributed by atoms with van der Waals surface area (Å²) in [5.41, 5.74) is 8.07. The first-order chi connectivity index (χ1) is 8.59. The van der Waals surface area contributed by atoms with Crippen LogP contribution in [0.1, 0.15) is 37.3 Å². The Labute approximate surface area is 109 Å². The van der Waals surface area contributed by atoms with Gasteiger partial charge in [-0.05, 0) is 55.4 Å². The second-order valence-electron chi connectivity index (χ2n) is 4.95. The minimum Gasteiger partial charge on any atom is -0.329 e. The zero-order valence-electron chi connectivity index (χ0n) is 10.9. The Kier molecular flexibility index (Phi) is 4.07. The van der Waals surface area contributed by atoms with Crippen LogP contribution in [-0.4, -0.2) is 20.2 Å². The molecule has 1 aliphatic rings. The summed E-state index contributed by atoms with van der Waals surface area (Å²) in [5, 5.41) is -0.459. The zero-order chi connectivity index (χ0) is 13.2. The Hall–Kier alpha value is -0.870.